The molecule has 0 amide bonds. The highest BCUT2D eigenvalue weighted by atomic mass is 79.9. The highest BCUT2D eigenvalue weighted by molar-refractivity contribution is 9.10. The Bertz CT molecular complexity index is 583. The minimum Gasteiger partial charge on any atom is -0.306 e. The largest absolute Gasteiger partial charge is 0.306 e. The molecule has 106 valence electrons. The Hall–Kier alpha value is -1.19. The lowest BCUT2D eigenvalue weighted by molar-refractivity contribution is 0.610. The molecule has 3 heteroatoms. The second kappa shape index (κ2) is 7.00. The van der Waals surface area contributed by atoms with Crippen LogP contribution >= 0.6 is 15.9 Å². The predicted octanol–water partition coefficient (Wildman–Crippen LogP) is 4.85. The third-order valence-corrected chi connectivity index (χ3v) is 4.06. The van der Waals surface area contributed by atoms with E-state index in [9.17, 15) is 4.39 Å². The SMILES string of the molecule is CCNC(c1cccc(CC)c1)c1ccc(F)cc1Br. The molecule has 1 unspecified atom stereocenters. The van der Waals surface area contributed by atoms with Crippen LogP contribution in [0.2, 0.25) is 0 Å². The zero-order valence-corrected chi connectivity index (χ0v) is 13.4. The molecule has 0 spiro atoms. The fraction of sp³-hybridized carbons (Fsp3) is 0.294. The molecule has 1 N–H and O–H groups in total. The third-order valence-electron chi connectivity index (χ3n) is 3.37. The fourth-order valence-corrected chi connectivity index (χ4v) is 2.92. The minimum atomic E-state index is -0.224. The van der Waals surface area contributed by atoms with E-state index in [-0.39, 0.29) is 11.9 Å². The first kappa shape index (κ1) is 15.2. The molecular weight excluding hydrogens is 317 g/mol. The highest BCUT2D eigenvalue weighted by Crippen LogP contribution is 2.29. The summed E-state index contributed by atoms with van der Waals surface area (Å²) in [5, 5.41) is 3.47. The summed E-state index contributed by atoms with van der Waals surface area (Å²) in [6, 6.07) is 13.5. The van der Waals surface area contributed by atoms with E-state index in [1.165, 1.54) is 23.3 Å². The predicted molar refractivity (Wildman–Crippen MR) is 85.4 cm³/mol. The molecule has 1 nitrogen and oxygen atoms in total. The number of aryl methyl sites for hydroxylation is 1. The van der Waals surface area contributed by atoms with Gasteiger partial charge in [0.1, 0.15) is 5.82 Å². The number of rotatable bonds is 5. The lowest BCUT2D eigenvalue weighted by atomic mass is 9.96. The van der Waals surface area contributed by atoms with Gasteiger partial charge in [0, 0.05) is 4.47 Å². The van der Waals surface area contributed by atoms with Crippen molar-refractivity contribution in [2.75, 3.05) is 6.54 Å². The summed E-state index contributed by atoms with van der Waals surface area (Å²) in [5.74, 6) is -0.224. The molecule has 0 heterocycles. The van der Waals surface area contributed by atoms with Crippen LogP contribution in [0.25, 0.3) is 0 Å². The van der Waals surface area contributed by atoms with E-state index in [0.29, 0.717) is 0 Å². The Kier molecular flexibility index (Phi) is 5.32. The first-order chi connectivity index (χ1) is 9.65. The molecule has 0 aliphatic heterocycles. The van der Waals surface area contributed by atoms with Gasteiger partial charge in [0.15, 0.2) is 0 Å². The quantitative estimate of drug-likeness (QED) is 0.823. The molecule has 2 rings (SSSR count). The molecule has 1 atom stereocenters. The maximum Gasteiger partial charge on any atom is 0.124 e. The third kappa shape index (κ3) is 3.47. The van der Waals surface area contributed by atoms with Gasteiger partial charge in [-0.15, -0.1) is 0 Å². The van der Waals surface area contributed by atoms with E-state index in [0.717, 1.165) is 23.0 Å². The first-order valence-electron chi connectivity index (χ1n) is 6.92. The van der Waals surface area contributed by atoms with E-state index in [1.807, 2.05) is 6.07 Å². The van der Waals surface area contributed by atoms with Crippen LogP contribution in [-0.4, -0.2) is 6.54 Å². The van der Waals surface area contributed by atoms with E-state index >= 15 is 0 Å². The first-order valence-corrected chi connectivity index (χ1v) is 7.72. The molecule has 0 aliphatic carbocycles. The summed E-state index contributed by atoms with van der Waals surface area (Å²) >= 11 is 3.47. The van der Waals surface area contributed by atoms with Gasteiger partial charge in [-0.25, -0.2) is 4.39 Å². The summed E-state index contributed by atoms with van der Waals surface area (Å²) < 4.78 is 14.1. The van der Waals surface area contributed by atoms with Crippen LogP contribution in [-0.2, 0) is 6.42 Å². The summed E-state index contributed by atoms with van der Waals surface area (Å²) in [6.45, 7) is 5.08. The number of benzene rings is 2. The molecule has 0 saturated heterocycles. The summed E-state index contributed by atoms with van der Waals surface area (Å²) in [4.78, 5) is 0. The second-order valence-electron chi connectivity index (χ2n) is 4.76. The number of nitrogens with one attached hydrogen (secondary N) is 1. The Morgan fingerprint density at radius 3 is 2.60 bits per heavy atom. The highest BCUT2D eigenvalue weighted by Gasteiger charge is 2.16. The van der Waals surface area contributed by atoms with Gasteiger partial charge in [0.2, 0.25) is 0 Å². The lowest BCUT2D eigenvalue weighted by Gasteiger charge is -2.21. The van der Waals surface area contributed by atoms with Gasteiger partial charge in [-0.2, -0.15) is 0 Å². The zero-order chi connectivity index (χ0) is 14.5. The summed E-state index contributed by atoms with van der Waals surface area (Å²) in [6.07, 6.45) is 1.01. The van der Waals surface area contributed by atoms with Crippen LogP contribution in [0.3, 0.4) is 0 Å². The number of halogens is 2. The van der Waals surface area contributed by atoms with E-state index < -0.39 is 0 Å². The number of hydrogen-bond donors (Lipinski definition) is 1. The molecule has 2 aromatic carbocycles. The minimum absolute atomic E-state index is 0.0708. The molecular formula is C17H19BrFN. The van der Waals surface area contributed by atoms with Crippen molar-refractivity contribution in [3.05, 3.63) is 69.4 Å². The molecule has 0 fully saturated rings. The summed E-state index contributed by atoms with van der Waals surface area (Å²) in [7, 11) is 0. The number of hydrogen-bond acceptors (Lipinski definition) is 1. The van der Waals surface area contributed by atoms with E-state index in [4.69, 9.17) is 0 Å². The van der Waals surface area contributed by atoms with Crippen molar-refractivity contribution in [2.45, 2.75) is 26.3 Å². The maximum absolute atomic E-state index is 13.3. The van der Waals surface area contributed by atoms with Gasteiger partial charge in [0.25, 0.3) is 0 Å². The lowest BCUT2D eigenvalue weighted by Crippen LogP contribution is -2.22. The van der Waals surface area contributed by atoms with Crippen LogP contribution in [0.5, 0.6) is 0 Å². The van der Waals surface area contributed by atoms with E-state index in [2.05, 4.69) is 59.4 Å². The second-order valence-corrected chi connectivity index (χ2v) is 5.61. The van der Waals surface area contributed by atoms with Gasteiger partial charge in [-0.05, 0) is 41.8 Å². The van der Waals surface area contributed by atoms with Gasteiger partial charge in [0.05, 0.1) is 6.04 Å². The zero-order valence-electron chi connectivity index (χ0n) is 11.8. The van der Waals surface area contributed by atoms with Gasteiger partial charge < -0.3 is 5.32 Å². The topological polar surface area (TPSA) is 12.0 Å². The van der Waals surface area contributed by atoms with Gasteiger partial charge >= 0.3 is 0 Å². The van der Waals surface area contributed by atoms with Crippen molar-refractivity contribution in [3.63, 3.8) is 0 Å². The molecule has 0 aromatic heterocycles. The molecule has 20 heavy (non-hydrogen) atoms. The Balaban J connectivity index is 2.44. The Morgan fingerprint density at radius 1 is 1.15 bits per heavy atom. The Labute approximate surface area is 128 Å². The smallest absolute Gasteiger partial charge is 0.124 e. The molecule has 0 radical (unpaired) electrons. The van der Waals surface area contributed by atoms with Crippen LogP contribution in [0.1, 0.15) is 36.6 Å². The van der Waals surface area contributed by atoms with E-state index in [1.54, 1.807) is 0 Å². The van der Waals surface area contributed by atoms with Crippen molar-refractivity contribution >= 4 is 15.9 Å². The molecule has 0 aliphatic rings. The van der Waals surface area contributed by atoms with Gasteiger partial charge in [-0.1, -0.05) is 60.1 Å². The van der Waals surface area contributed by atoms with Crippen LogP contribution < -0.4 is 5.32 Å². The van der Waals surface area contributed by atoms with Crippen LogP contribution in [0.4, 0.5) is 4.39 Å². The molecule has 2 aromatic rings. The van der Waals surface area contributed by atoms with Crippen molar-refractivity contribution in [1.82, 2.24) is 5.32 Å². The molecule has 0 saturated carbocycles. The average molecular weight is 336 g/mol. The summed E-state index contributed by atoms with van der Waals surface area (Å²) in [5.41, 5.74) is 3.57. The maximum atomic E-state index is 13.3. The average Bonchev–Trinajstić information content (AvgIpc) is 2.45. The molecule has 0 bridgehead atoms. The van der Waals surface area contributed by atoms with Crippen LogP contribution in [0, 0.1) is 5.82 Å². The normalized spacial score (nSPS) is 12.4. The van der Waals surface area contributed by atoms with Crippen molar-refractivity contribution in [3.8, 4) is 0 Å². The Morgan fingerprint density at radius 2 is 1.95 bits per heavy atom. The van der Waals surface area contributed by atoms with Crippen molar-refractivity contribution in [2.24, 2.45) is 0 Å². The fourth-order valence-electron chi connectivity index (χ4n) is 2.34. The van der Waals surface area contributed by atoms with Crippen molar-refractivity contribution < 1.29 is 4.39 Å². The monoisotopic (exact) mass is 335 g/mol. The van der Waals surface area contributed by atoms with Gasteiger partial charge in [-0.3, -0.25) is 0 Å². The van der Waals surface area contributed by atoms with Crippen LogP contribution in [0.15, 0.2) is 46.9 Å². The van der Waals surface area contributed by atoms with Crippen molar-refractivity contribution in [1.29, 1.82) is 0 Å². The standard InChI is InChI=1S/C17H19BrFN/c1-3-12-6-5-7-13(10-12)17(20-4-2)15-9-8-14(19)11-16(15)18/h5-11,17,20H,3-4H2,1-2H3.